The highest BCUT2D eigenvalue weighted by Gasteiger charge is 2.24. The number of ether oxygens (including phenoxy) is 1. The van der Waals surface area contributed by atoms with Gasteiger partial charge in [0.25, 0.3) is 5.56 Å². The van der Waals surface area contributed by atoms with Crippen LogP contribution in [0.2, 0.25) is 0 Å². The van der Waals surface area contributed by atoms with Crippen LogP contribution in [0.5, 0.6) is 5.75 Å². The van der Waals surface area contributed by atoms with Crippen molar-refractivity contribution < 1.29 is 9.13 Å². The van der Waals surface area contributed by atoms with Crippen molar-refractivity contribution in [2.45, 2.75) is 44.4 Å². The first-order valence-electron chi connectivity index (χ1n) is 11.0. The zero-order valence-electron chi connectivity index (χ0n) is 18.4. The van der Waals surface area contributed by atoms with Crippen LogP contribution in [0.15, 0.2) is 47.3 Å². The van der Waals surface area contributed by atoms with E-state index in [9.17, 15) is 9.18 Å². The Bertz CT molecular complexity index is 1220. The van der Waals surface area contributed by atoms with Gasteiger partial charge in [0, 0.05) is 18.5 Å². The lowest BCUT2D eigenvalue weighted by Gasteiger charge is -2.20. The molecule has 0 amide bonds. The van der Waals surface area contributed by atoms with Crippen LogP contribution in [0.3, 0.4) is 0 Å². The number of halogens is 1. The molecule has 0 unspecified atom stereocenters. The molecule has 6 heteroatoms. The first-order chi connectivity index (χ1) is 15.5. The average Bonchev–Trinajstić information content (AvgIpc) is 3.10. The minimum Gasteiger partial charge on any atom is -0.497 e. The molecule has 1 aliphatic rings. The second-order valence-electron chi connectivity index (χ2n) is 8.25. The van der Waals surface area contributed by atoms with Crippen LogP contribution in [0.1, 0.15) is 50.3 Å². The van der Waals surface area contributed by atoms with Crippen LogP contribution in [0.4, 0.5) is 10.1 Å². The van der Waals surface area contributed by atoms with Gasteiger partial charge in [-0.15, -0.1) is 0 Å². The molecule has 3 aromatic rings. The fraction of sp³-hybridized carbons (Fsp3) is 0.346. The third kappa shape index (κ3) is 4.16. The van der Waals surface area contributed by atoms with Gasteiger partial charge in [0.2, 0.25) is 5.69 Å². The normalized spacial score (nSPS) is 14.6. The molecule has 1 fully saturated rings. The highest BCUT2D eigenvalue weighted by atomic mass is 19.1. The van der Waals surface area contributed by atoms with E-state index in [-0.39, 0.29) is 17.2 Å². The first-order valence-corrected chi connectivity index (χ1v) is 11.0. The number of benzene rings is 2. The fourth-order valence-electron chi connectivity index (χ4n) is 4.49. The van der Waals surface area contributed by atoms with E-state index in [1.54, 1.807) is 36.9 Å². The molecule has 0 N–H and O–H groups in total. The fourth-order valence-corrected chi connectivity index (χ4v) is 4.49. The van der Waals surface area contributed by atoms with Crippen molar-refractivity contribution in [3.05, 3.63) is 75.9 Å². The second kappa shape index (κ2) is 9.35. The summed E-state index contributed by atoms with van der Waals surface area (Å²) in [4.78, 5) is 21.8. The Morgan fingerprint density at radius 2 is 1.72 bits per heavy atom. The lowest BCUT2D eigenvalue weighted by Crippen LogP contribution is -2.26. The summed E-state index contributed by atoms with van der Waals surface area (Å²) in [5, 5.41) is 0. The van der Waals surface area contributed by atoms with E-state index >= 15 is 0 Å². The molecule has 0 radical (unpaired) electrons. The molecular weight excluding hydrogens is 405 g/mol. The number of aromatic nitrogens is 2. The third-order valence-corrected chi connectivity index (χ3v) is 6.27. The maximum atomic E-state index is 14.5. The SMILES string of the molecule is [C-]#[N+]c1ccc(-c2nc(C3CCCCCC3)n(C)c(=O)c2-c2ccc(OC)cc2)cc1F. The number of nitrogens with zero attached hydrogens (tertiary/aromatic N) is 3. The van der Waals surface area contributed by atoms with Gasteiger partial charge in [-0.25, -0.2) is 14.2 Å². The summed E-state index contributed by atoms with van der Waals surface area (Å²) < 4.78 is 21.4. The van der Waals surface area contributed by atoms with Crippen LogP contribution >= 0.6 is 0 Å². The maximum absolute atomic E-state index is 14.5. The van der Waals surface area contributed by atoms with E-state index < -0.39 is 5.82 Å². The van der Waals surface area contributed by atoms with Gasteiger partial charge < -0.3 is 4.74 Å². The summed E-state index contributed by atoms with van der Waals surface area (Å²) in [6, 6.07) is 11.6. The Labute approximate surface area is 187 Å². The third-order valence-electron chi connectivity index (χ3n) is 6.27. The summed E-state index contributed by atoms with van der Waals surface area (Å²) in [5.41, 5.74) is 1.85. The summed E-state index contributed by atoms with van der Waals surface area (Å²) >= 11 is 0. The van der Waals surface area contributed by atoms with Gasteiger partial charge in [0.05, 0.1) is 24.9 Å². The van der Waals surface area contributed by atoms with Crippen molar-refractivity contribution in [2.24, 2.45) is 7.05 Å². The van der Waals surface area contributed by atoms with Crippen LogP contribution in [-0.4, -0.2) is 16.7 Å². The minimum atomic E-state index is -0.614. The molecule has 1 aromatic heterocycles. The number of methoxy groups -OCH3 is 1. The van der Waals surface area contributed by atoms with E-state index in [4.69, 9.17) is 16.3 Å². The van der Waals surface area contributed by atoms with Crippen molar-refractivity contribution in [1.82, 2.24) is 9.55 Å². The Hall–Kier alpha value is -3.46. The van der Waals surface area contributed by atoms with Gasteiger partial charge in [-0.2, -0.15) is 0 Å². The molecule has 164 valence electrons. The van der Waals surface area contributed by atoms with Crippen molar-refractivity contribution in [2.75, 3.05) is 7.11 Å². The predicted octanol–water partition coefficient (Wildman–Crippen LogP) is 6.25. The van der Waals surface area contributed by atoms with E-state index in [0.29, 0.717) is 28.1 Å². The molecule has 32 heavy (non-hydrogen) atoms. The monoisotopic (exact) mass is 431 g/mol. The molecule has 1 saturated carbocycles. The Morgan fingerprint density at radius 3 is 2.31 bits per heavy atom. The minimum absolute atomic E-state index is 0.0485. The molecule has 1 aliphatic carbocycles. The van der Waals surface area contributed by atoms with Gasteiger partial charge in [-0.05, 0) is 36.6 Å². The predicted molar refractivity (Wildman–Crippen MR) is 124 cm³/mol. The Morgan fingerprint density at radius 1 is 1.06 bits per heavy atom. The van der Waals surface area contributed by atoms with E-state index in [1.165, 1.54) is 25.0 Å². The Balaban J connectivity index is 1.95. The highest BCUT2D eigenvalue weighted by Crippen LogP contribution is 2.35. The Kier molecular flexibility index (Phi) is 6.36. The van der Waals surface area contributed by atoms with Crippen LogP contribution in [0.25, 0.3) is 27.2 Å². The maximum Gasteiger partial charge on any atom is 0.261 e. The smallest absolute Gasteiger partial charge is 0.261 e. The largest absolute Gasteiger partial charge is 0.497 e. The lowest BCUT2D eigenvalue weighted by atomic mass is 9.96. The number of hydrogen-bond donors (Lipinski definition) is 0. The van der Waals surface area contributed by atoms with E-state index in [1.807, 2.05) is 12.1 Å². The van der Waals surface area contributed by atoms with Gasteiger partial charge in [0.1, 0.15) is 17.4 Å². The molecule has 2 aromatic carbocycles. The molecule has 0 aliphatic heterocycles. The second-order valence-corrected chi connectivity index (χ2v) is 8.25. The number of rotatable bonds is 4. The van der Waals surface area contributed by atoms with Gasteiger partial charge in [-0.1, -0.05) is 49.9 Å². The molecule has 0 saturated heterocycles. The van der Waals surface area contributed by atoms with Gasteiger partial charge in [-0.3, -0.25) is 9.36 Å². The first kappa shape index (κ1) is 21.8. The lowest BCUT2D eigenvalue weighted by molar-refractivity contribution is 0.415. The topological polar surface area (TPSA) is 48.5 Å². The molecular formula is C26H26FN3O2. The zero-order valence-corrected chi connectivity index (χ0v) is 18.4. The number of hydrogen-bond acceptors (Lipinski definition) is 3. The van der Waals surface area contributed by atoms with Crippen molar-refractivity contribution >= 4 is 5.69 Å². The highest BCUT2D eigenvalue weighted by molar-refractivity contribution is 5.81. The van der Waals surface area contributed by atoms with Crippen LogP contribution < -0.4 is 10.3 Å². The summed E-state index contributed by atoms with van der Waals surface area (Å²) in [5.74, 6) is 1.02. The summed E-state index contributed by atoms with van der Waals surface area (Å²) in [6.45, 7) is 7.13. The zero-order chi connectivity index (χ0) is 22.7. The van der Waals surface area contributed by atoms with E-state index in [2.05, 4.69) is 4.85 Å². The average molecular weight is 432 g/mol. The summed E-state index contributed by atoms with van der Waals surface area (Å²) in [6.07, 6.45) is 6.61. The summed E-state index contributed by atoms with van der Waals surface area (Å²) in [7, 11) is 3.36. The van der Waals surface area contributed by atoms with Crippen molar-refractivity contribution in [1.29, 1.82) is 0 Å². The quantitative estimate of drug-likeness (QED) is 0.362. The molecule has 0 bridgehead atoms. The molecule has 4 rings (SSSR count). The van der Waals surface area contributed by atoms with Gasteiger partial charge >= 0.3 is 0 Å². The molecule has 1 heterocycles. The molecule has 0 atom stereocenters. The van der Waals surface area contributed by atoms with Crippen molar-refractivity contribution in [3.63, 3.8) is 0 Å². The van der Waals surface area contributed by atoms with Crippen LogP contribution in [0, 0.1) is 12.4 Å². The van der Waals surface area contributed by atoms with Gasteiger partial charge in [0.15, 0.2) is 0 Å². The van der Waals surface area contributed by atoms with Crippen molar-refractivity contribution in [3.8, 4) is 28.1 Å². The van der Waals surface area contributed by atoms with E-state index in [0.717, 1.165) is 31.5 Å². The molecule has 0 spiro atoms. The van der Waals surface area contributed by atoms with Crippen LogP contribution in [-0.2, 0) is 7.05 Å². The standard InChI is InChI=1S/C26H26FN3O2/c1-28-22-15-12-19(16-21(22)27)24-23(17-10-13-20(32-3)14-11-17)26(31)30(2)25(29-24)18-8-6-4-5-7-9-18/h10-16,18H,4-9H2,2-3H3. The molecule has 5 nitrogen and oxygen atoms in total.